The molecule has 0 saturated heterocycles. The van der Waals surface area contributed by atoms with Crippen molar-refractivity contribution in [2.75, 3.05) is 0 Å². The Balaban J connectivity index is 1.00. The van der Waals surface area contributed by atoms with E-state index in [1.165, 1.54) is 109 Å². The molecule has 0 aliphatic carbocycles. The Morgan fingerprint density at radius 3 is 1.17 bits per heavy atom. The Morgan fingerprint density at radius 1 is 0.246 bits per heavy atom. The monoisotopic (exact) mass is 874 g/mol. The number of hydrogen-bond acceptors (Lipinski definition) is 1. The van der Waals surface area contributed by atoms with E-state index in [9.17, 15) is 0 Å². The lowest BCUT2D eigenvalue weighted by molar-refractivity contribution is 1.10. The number of aromatic nitrogens is 2. The number of para-hydroxylation sites is 3. The van der Waals surface area contributed by atoms with E-state index in [1.54, 1.807) is 0 Å². The molecule has 1 heterocycles. The van der Waals surface area contributed by atoms with Crippen molar-refractivity contribution < 1.29 is 0 Å². The van der Waals surface area contributed by atoms with Crippen molar-refractivity contribution in [2.24, 2.45) is 0 Å². The van der Waals surface area contributed by atoms with Crippen molar-refractivity contribution in [1.82, 2.24) is 9.55 Å². The summed E-state index contributed by atoms with van der Waals surface area (Å²) in [7, 11) is 0. The molecule has 1 aromatic heterocycles. The molecular weight excluding hydrogens is 833 g/mol. The molecule has 2 nitrogen and oxygen atoms in total. The van der Waals surface area contributed by atoms with Crippen molar-refractivity contribution in [3.05, 3.63) is 255 Å². The minimum Gasteiger partial charge on any atom is -0.292 e. The summed E-state index contributed by atoms with van der Waals surface area (Å²) >= 11 is 0. The van der Waals surface area contributed by atoms with Crippen LogP contribution in [0.5, 0.6) is 0 Å². The van der Waals surface area contributed by atoms with E-state index in [4.69, 9.17) is 4.98 Å². The van der Waals surface area contributed by atoms with Gasteiger partial charge < -0.3 is 0 Å². The number of imidazole rings is 1. The van der Waals surface area contributed by atoms with Gasteiger partial charge in [-0.15, -0.1) is 0 Å². The van der Waals surface area contributed by atoms with Gasteiger partial charge in [-0.1, -0.05) is 212 Å². The molecule has 69 heavy (non-hydrogen) atoms. The van der Waals surface area contributed by atoms with Gasteiger partial charge in [0.25, 0.3) is 0 Å². The Labute approximate surface area is 399 Å². The van der Waals surface area contributed by atoms with E-state index in [-0.39, 0.29) is 0 Å². The topological polar surface area (TPSA) is 17.8 Å². The first kappa shape index (κ1) is 39.1. The van der Waals surface area contributed by atoms with Gasteiger partial charge in [-0.05, 0) is 152 Å². The quantitative estimate of drug-likeness (QED) is 0.152. The molecule has 0 amide bonds. The first-order valence-electron chi connectivity index (χ1n) is 23.8. The molecule has 0 unspecified atom stereocenters. The minimum atomic E-state index is 0.926. The van der Waals surface area contributed by atoms with Crippen LogP contribution in [-0.4, -0.2) is 9.55 Å². The highest BCUT2D eigenvalue weighted by atomic mass is 15.1. The minimum absolute atomic E-state index is 0.926. The predicted octanol–water partition coefficient (Wildman–Crippen LogP) is 18.3. The van der Waals surface area contributed by atoms with Crippen molar-refractivity contribution in [3.8, 4) is 61.6 Å². The van der Waals surface area contributed by atoms with E-state index in [0.717, 1.165) is 28.1 Å². The Morgan fingerprint density at radius 2 is 0.623 bits per heavy atom. The highest BCUT2D eigenvalue weighted by Gasteiger charge is 2.22. The second-order valence-corrected chi connectivity index (χ2v) is 18.2. The number of fused-ring (bicyclic) bond motifs is 7. The van der Waals surface area contributed by atoms with Crippen LogP contribution < -0.4 is 0 Å². The first-order valence-corrected chi connectivity index (χ1v) is 23.8. The summed E-state index contributed by atoms with van der Waals surface area (Å²) in [6, 6.07) is 93.5. The van der Waals surface area contributed by atoms with Crippen LogP contribution in [0.1, 0.15) is 0 Å². The van der Waals surface area contributed by atoms with E-state index >= 15 is 0 Å². The molecule has 0 radical (unpaired) electrons. The normalized spacial score (nSPS) is 11.8. The second-order valence-electron chi connectivity index (χ2n) is 18.2. The molecule has 2 heteroatoms. The maximum atomic E-state index is 5.18. The third-order valence-corrected chi connectivity index (χ3v) is 14.3. The van der Waals surface area contributed by atoms with Crippen LogP contribution in [0, 0.1) is 0 Å². The molecule has 0 saturated carbocycles. The summed E-state index contributed by atoms with van der Waals surface area (Å²) in [5.74, 6) is 0.926. The van der Waals surface area contributed by atoms with E-state index in [1.807, 2.05) is 0 Å². The van der Waals surface area contributed by atoms with Gasteiger partial charge in [0.1, 0.15) is 5.82 Å². The Bertz CT molecular complexity index is 4290. The van der Waals surface area contributed by atoms with Gasteiger partial charge in [0, 0.05) is 11.3 Å². The van der Waals surface area contributed by atoms with Crippen LogP contribution in [0.15, 0.2) is 255 Å². The van der Waals surface area contributed by atoms with Crippen LogP contribution in [0.4, 0.5) is 0 Å². The predicted molar refractivity (Wildman–Crippen MR) is 293 cm³/mol. The molecule has 14 rings (SSSR count). The van der Waals surface area contributed by atoms with Crippen molar-refractivity contribution in [2.45, 2.75) is 0 Å². The fourth-order valence-electron chi connectivity index (χ4n) is 11.2. The first-order chi connectivity index (χ1) is 34.2. The summed E-state index contributed by atoms with van der Waals surface area (Å²) in [4.78, 5) is 5.18. The van der Waals surface area contributed by atoms with Crippen molar-refractivity contribution in [3.63, 3.8) is 0 Å². The van der Waals surface area contributed by atoms with Crippen LogP contribution in [-0.2, 0) is 0 Å². The third-order valence-electron chi connectivity index (χ3n) is 14.3. The molecule has 0 aliphatic rings. The van der Waals surface area contributed by atoms with Crippen LogP contribution >= 0.6 is 0 Å². The molecule has 14 aromatic rings. The molecule has 0 atom stereocenters. The summed E-state index contributed by atoms with van der Waals surface area (Å²) in [6.07, 6.45) is 0. The zero-order valence-corrected chi connectivity index (χ0v) is 37.6. The van der Waals surface area contributed by atoms with E-state index in [0.29, 0.717) is 0 Å². The van der Waals surface area contributed by atoms with Gasteiger partial charge in [0.2, 0.25) is 0 Å². The van der Waals surface area contributed by atoms with Crippen LogP contribution in [0.2, 0.25) is 0 Å². The SMILES string of the molecule is c1ccc(-n2c(-c3ccc(-c4c5ccccc5c(-c5ccc6c(-c7ccc8ccccc8c7)c7ccccc7c(-c7ccc8ccccc8c7)c6c5)c5ccccc45)cc3)nc3ccccc32)cc1. The van der Waals surface area contributed by atoms with Gasteiger partial charge in [-0.25, -0.2) is 4.98 Å². The molecule has 13 aromatic carbocycles. The van der Waals surface area contributed by atoms with Crippen LogP contribution in [0.25, 0.3) is 137 Å². The average Bonchev–Trinajstić information content (AvgIpc) is 3.81. The number of rotatable bonds is 6. The van der Waals surface area contributed by atoms with E-state index in [2.05, 4.69) is 259 Å². The lowest BCUT2D eigenvalue weighted by atomic mass is 9.82. The molecule has 0 N–H and O–H groups in total. The molecule has 0 spiro atoms. The number of hydrogen-bond donors (Lipinski definition) is 0. The van der Waals surface area contributed by atoms with Crippen molar-refractivity contribution in [1.29, 1.82) is 0 Å². The van der Waals surface area contributed by atoms with Gasteiger partial charge in [0.05, 0.1) is 11.0 Å². The average molecular weight is 875 g/mol. The highest BCUT2D eigenvalue weighted by molar-refractivity contribution is 6.25. The zero-order chi connectivity index (χ0) is 45.4. The fraction of sp³-hybridized carbons (Fsp3) is 0. The lowest BCUT2D eigenvalue weighted by Gasteiger charge is -2.21. The maximum absolute atomic E-state index is 5.18. The summed E-state index contributed by atoms with van der Waals surface area (Å²) in [5, 5.41) is 14.8. The van der Waals surface area contributed by atoms with Gasteiger partial charge >= 0.3 is 0 Å². The fourth-order valence-corrected chi connectivity index (χ4v) is 11.2. The molecule has 0 bridgehead atoms. The Hall–Kier alpha value is -9.11. The standard InChI is InChI=1S/C67H42N2/c1-2-20-52(21-3-1)69-62-29-15-14-28-61(62)68-67(69)46-34-32-45(33-35-46)63-53-22-8-10-24-55(53)65(56-25-11-9-23-54(56)63)51-38-39-59-60(42-51)66(50-37-31-44-17-5-7-19-48(44)41-50)58-27-13-12-26-57(58)64(59)49-36-30-43-16-4-6-18-47(43)40-49/h1-42H. The Kier molecular flexibility index (Phi) is 8.93. The smallest absolute Gasteiger partial charge is 0.145 e. The van der Waals surface area contributed by atoms with Crippen molar-refractivity contribution >= 4 is 75.7 Å². The van der Waals surface area contributed by atoms with Crippen LogP contribution in [0.3, 0.4) is 0 Å². The molecule has 320 valence electrons. The summed E-state index contributed by atoms with van der Waals surface area (Å²) in [5.41, 5.74) is 14.0. The van der Waals surface area contributed by atoms with Gasteiger partial charge in [-0.3, -0.25) is 4.57 Å². The van der Waals surface area contributed by atoms with E-state index < -0.39 is 0 Å². The lowest BCUT2D eigenvalue weighted by Crippen LogP contribution is -1.97. The van der Waals surface area contributed by atoms with Gasteiger partial charge in [0.15, 0.2) is 0 Å². The highest BCUT2D eigenvalue weighted by Crippen LogP contribution is 2.49. The second kappa shape index (κ2) is 15.8. The molecule has 0 fully saturated rings. The molecular formula is C67H42N2. The third kappa shape index (κ3) is 6.30. The zero-order valence-electron chi connectivity index (χ0n) is 37.6. The molecule has 0 aliphatic heterocycles. The summed E-state index contributed by atoms with van der Waals surface area (Å²) in [6.45, 7) is 0. The summed E-state index contributed by atoms with van der Waals surface area (Å²) < 4.78 is 2.27. The number of benzene rings is 13. The number of nitrogens with zero attached hydrogens (tertiary/aromatic N) is 2. The largest absolute Gasteiger partial charge is 0.292 e. The maximum Gasteiger partial charge on any atom is 0.145 e. The van der Waals surface area contributed by atoms with Gasteiger partial charge in [-0.2, -0.15) is 0 Å².